The molecule has 2 aromatic carbocycles. The summed E-state index contributed by atoms with van der Waals surface area (Å²) in [7, 11) is 0. The highest BCUT2D eigenvalue weighted by Crippen LogP contribution is 2.30. The number of benzene rings is 2. The molecule has 2 aromatic rings. The van der Waals surface area contributed by atoms with Gasteiger partial charge in [-0.1, -0.05) is 23.7 Å². The van der Waals surface area contributed by atoms with Crippen LogP contribution in [0, 0.1) is 0 Å². The Balaban J connectivity index is 1.55. The zero-order valence-corrected chi connectivity index (χ0v) is 16.1. The second kappa shape index (κ2) is 9.28. The maximum atomic E-state index is 12.1. The standard InChI is InChI=1S/C21H20ClNO5/c1-14(21(25)23-17-5-2-4-16(22)13-17)28-20(24)9-7-15-6-8-18-19(12-15)27-11-3-10-26-18/h2,4-9,12-14H,3,10-11H2,1H3,(H,23,25)/b9-7+/t14-/m1/s1. The molecule has 1 amide bonds. The number of amides is 1. The van der Waals surface area contributed by atoms with Crippen molar-refractivity contribution < 1.29 is 23.8 Å². The van der Waals surface area contributed by atoms with Crippen LogP contribution in [0.15, 0.2) is 48.5 Å². The van der Waals surface area contributed by atoms with E-state index in [-0.39, 0.29) is 0 Å². The molecule has 0 spiro atoms. The molecule has 1 atom stereocenters. The van der Waals surface area contributed by atoms with Crippen LogP contribution >= 0.6 is 11.6 Å². The van der Waals surface area contributed by atoms with Crippen molar-refractivity contribution in [3.8, 4) is 11.5 Å². The van der Waals surface area contributed by atoms with Crippen molar-refractivity contribution in [1.29, 1.82) is 0 Å². The van der Waals surface area contributed by atoms with Crippen LogP contribution in [0.5, 0.6) is 11.5 Å². The van der Waals surface area contributed by atoms with Crippen LogP contribution in [0.4, 0.5) is 5.69 Å². The Morgan fingerprint density at radius 2 is 1.93 bits per heavy atom. The minimum atomic E-state index is -0.958. The maximum absolute atomic E-state index is 12.1. The van der Waals surface area contributed by atoms with E-state index in [1.54, 1.807) is 42.5 Å². The first-order valence-corrected chi connectivity index (χ1v) is 9.24. The fourth-order valence-electron chi connectivity index (χ4n) is 2.52. The van der Waals surface area contributed by atoms with Gasteiger partial charge in [0.05, 0.1) is 13.2 Å². The van der Waals surface area contributed by atoms with E-state index in [9.17, 15) is 9.59 Å². The Kier molecular flexibility index (Phi) is 6.55. The topological polar surface area (TPSA) is 73.9 Å². The second-order valence-corrected chi connectivity index (χ2v) is 6.61. The smallest absolute Gasteiger partial charge is 0.331 e. The van der Waals surface area contributed by atoms with Gasteiger partial charge >= 0.3 is 5.97 Å². The van der Waals surface area contributed by atoms with Crippen molar-refractivity contribution in [2.24, 2.45) is 0 Å². The van der Waals surface area contributed by atoms with E-state index in [2.05, 4.69) is 5.32 Å². The third-order valence-electron chi connectivity index (χ3n) is 3.94. The lowest BCUT2D eigenvalue weighted by Gasteiger charge is -2.12. The minimum Gasteiger partial charge on any atom is -0.490 e. The first-order valence-electron chi connectivity index (χ1n) is 8.86. The molecule has 0 aliphatic carbocycles. The normalized spacial score (nSPS) is 14.2. The number of fused-ring (bicyclic) bond motifs is 1. The monoisotopic (exact) mass is 401 g/mol. The summed E-state index contributed by atoms with van der Waals surface area (Å²) in [5.41, 5.74) is 1.29. The molecule has 1 aliphatic heterocycles. The minimum absolute atomic E-state index is 0.445. The highest BCUT2D eigenvalue weighted by Gasteiger charge is 2.17. The van der Waals surface area contributed by atoms with Gasteiger partial charge < -0.3 is 19.5 Å². The lowest BCUT2D eigenvalue weighted by Crippen LogP contribution is -2.29. The Hall–Kier alpha value is -2.99. The van der Waals surface area contributed by atoms with Gasteiger partial charge in [0, 0.05) is 23.2 Å². The van der Waals surface area contributed by atoms with Gasteiger partial charge in [0.15, 0.2) is 17.6 Å². The molecule has 0 fully saturated rings. The summed E-state index contributed by atoms with van der Waals surface area (Å²) in [5, 5.41) is 3.15. The Bertz CT molecular complexity index is 896. The summed E-state index contributed by atoms with van der Waals surface area (Å²) in [6, 6.07) is 12.1. The number of nitrogens with one attached hydrogen (secondary N) is 1. The first-order chi connectivity index (χ1) is 13.5. The van der Waals surface area contributed by atoms with Gasteiger partial charge in [0.25, 0.3) is 5.91 Å². The average Bonchev–Trinajstić information content (AvgIpc) is 2.91. The third-order valence-corrected chi connectivity index (χ3v) is 4.17. The number of rotatable bonds is 5. The lowest BCUT2D eigenvalue weighted by molar-refractivity contribution is -0.148. The largest absolute Gasteiger partial charge is 0.490 e. The fourth-order valence-corrected chi connectivity index (χ4v) is 2.72. The van der Waals surface area contributed by atoms with E-state index in [0.717, 1.165) is 12.0 Å². The van der Waals surface area contributed by atoms with Crippen molar-refractivity contribution in [1.82, 2.24) is 0 Å². The van der Waals surface area contributed by atoms with Crippen molar-refractivity contribution in [2.45, 2.75) is 19.4 Å². The number of halogens is 1. The number of hydrogen-bond donors (Lipinski definition) is 1. The molecule has 1 N–H and O–H groups in total. The van der Waals surface area contributed by atoms with Crippen LogP contribution in [0.25, 0.3) is 6.08 Å². The van der Waals surface area contributed by atoms with Crippen LogP contribution in [0.2, 0.25) is 5.02 Å². The molecule has 0 saturated heterocycles. The van der Waals surface area contributed by atoms with E-state index < -0.39 is 18.0 Å². The summed E-state index contributed by atoms with van der Waals surface area (Å²) >= 11 is 5.88. The number of anilines is 1. The van der Waals surface area contributed by atoms with Crippen molar-refractivity contribution in [3.63, 3.8) is 0 Å². The predicted octanol–water partition coefficient (Wildman–Crippen LogP) is 4.08. The van der Waals surface area contributed by atoms with Gasteiger partial charge in [0.1, 0.15) is 0 Å². The quantitative estimate of drug-likeness (QED) is 0.603. The lowest BCUT2D eigenvalue weighted by atomic mass is 10.2. The van der Waals surface area contributed by atoms with Crippen molar-refractivity contribution >= 4 is 35.2 Å². The molecule has 0 radical (unpaired) electrons. The molecular weight excluding hydrogens is 382 g/mol. The summed E-state index contributed by atoms with van der Waals surface area (Å²) in [5.74, 6) is 0.256. The van der Waals surface area contributed by atoms with Crippen LogP contribution in [-0.2, 0) is 14.3 Å². The molecule has 1 heterocycles. The van der Waals surface area contributed by atoms with E-state index >= 15 is 0 Å². The van der Waals surface area contributed by atoms with Crippen LogP contribution < -0.4 is 14.8 Å². The van der Waals surface area contributed by atoms with Gasteiger partial charge in [-0.2, -0.15) is 0 Å². The summed E-state index contributed by atoms with van der Waals surface area (Å²) < 4.78 is 16.3. The summed E-state index contributed by atoms with van der Waals surface area (Å²) in [4.78, 5) is 24.2. The van der Waals surface area contributed by atoms with E-state index in [4.69, 9.17) is 25.8 Å². The summed E-state index contributed by atoms with van der Waals surface area (Å²) in [6.45, 7) is 2.70. The Morgan fingerprint density at radius 3 is 2.71 bits per heavy atom. The fraction of sp³-hybridized carbons (Fsp3) is 0.238. The van der Waals surface area contributed by atoms with E-state index in [0.29, 0.717) is 35.4 Å². The van der Waals surface area contributed by atoms with Crippen LogP contribution in [0.3, 0.4) is 0 Å². The average molecular weight is 402 g/mol. The van der Waals surface area contributed by atoms with Crippen molar-refractivity contribution in [2.75, 3.05) is 18.5 Å². The SMILES string of the molecule is C[C@@H](OC(=O)/C=C/c1ccc2c(c1)OCCCO2)C(=O)Nc1cccc(Cl)c1. The predicted molar refractivity (Wildman–Crippen MR) is 107 cm³/mol. The number of ether oxygens (including phenoxy) is 3. The number of esters is 1. The molecular formula is C21H20ClNO5. The zero-order valence-electron chi connectivity index (χ0n) is 15.3. The molecule has 7 heteroatoms. The zero-order chi connectivity index (χ0) is 19.9. The molecule has 0 saturated carbocycles. The van der Waals surface area contributed by atoms with Gasteiger partial charge in [-0.05, 0) is 48.9 Å². The molecule has 1 aliphatic rings. The van der Waals surface area contributed by atoms with Crippen molar-refractivity contribution in [3.05, 3.63) is 59.1 Å². The Morgan fingerprint density at radius 1 is 1.14 bits per heavy atom. The first kappa shape index (κ1) is 19.8. The van der Waals surface area contributed by atoms with Gasteiger partial charge in [-0.25, -0.2) is 4.79 Å². The van der Waals surface area contributed by atoms with Gasteiger partial charge in [-0.3, -0.25) is 4.79 Å². The molecule has 146 valence electrons. The molecule has 0 bridgehead atoms. The third kappa shape index (κ3) is 5.50. The molecule has 0 unspecified atom stereocenters. The van der Waals surface area contributed by atoms with Gasteiger partial charge in [0.2, 0.25) is 0 Å². The molecule has 0 aromatic heterocycles. The summed E-state index contributed by atoms with van der Waals surface area (Å²) in [6.07, 6.45) is 2.72. The highest BCUT2D eigenvalue weighted by molar-refractivity contribution is 6.30. The maximum Gasteiger partial charge on any atom is 0.331 e. The van der Waals surface area contributed by atoms with Crippen LogP contribution in [-0.4, -0.2) is 31.2 Å². The number of carbonyl (C=O) groups excluding carboxylic acids is 2. The van der Waals surface area contributed by atoms with Gasteiger partial charge in [-0.15, -0.1) is 0 Å². The van der Waals surface area contributed by atoms with Crippen LogP contribution in [0.1, 0.15) is 18.9 Å². The highest BCUT2D eigenvalue weighted by atomic mass is 35.5. The van der Waals surface area contributed by atoms with E-state index in [1.807, 2.05) is 6.07 Å². The number of hydrogen-bond acceptors (Lipinski definition) is 5. The molecule has 28 heavy (non-hydrogen) atoms. The molecule has 6 nitrogen and oxygen atoms in total. The molecule has 3 rings (SSSR count). The number of carbonyl (C=O) groups is 2. The Labute approximate surface area is 168 Å². The van der Waals surface area contributed by atoms with E-state index in [1.165, 1.54) is 13.0 Å². The second-order valence-electron chi connectivity index (χ2n) is 6.17.